The van der Waals surface area contributed by atoms with Crippen LogP contribution in [-0.2, 0) is 9.53 Å². The first kappa shape index (κ1) is 14.8. The van der Waals surface area contributed by atoms with Crippen LogP contribution in [0.4, 0.5) is 0 Å². The fourth-order valence-electron chi connectivity index (χ4n) is 3.84. The zero-order valence-electron chi connectivity index (χ0n) is 12.2. The SMILES string of the molecule is COC1CCCN(CC2(C(=O)O)CCCC(C)C2)C1. The summed E-state index contributed by atoms with van der Waals surface area (Å²) in [5.41, 5.74) is -0.521. The van der Waals surface area contributed by atoms with Gasteiger partial charge in [-0.3, -0.25) is 9.69 Å². The lowest BCUT2D eigenvalue weighted by Crippen LogP contribution is -2.49. The van der Waals surface area contributed by atoms with Crippen molar-refractivity contribution in [2.45, 2.75) is 51.6 Å². The number of carbonyl (C=O) groups is 1. The third-order valence-corrected chi connectivity index (χ3v) is 4.87. The maximum atomic E-state index is 11.8. The highest BCUT2D eigenvalue weighted by atomic mass is 16.5. The minimum Gasteiger partial charge on any atom is -0.481 e. The minimum absolute atomic E-state index is 0.278. The number of hydrogen-bond acceptors (Lipinski definition) is 3. The monoisotopic (exact) mass is 269 g/mol. The second kappa shape index (κ2) is 6.23. The van der Waals surface area contributed by atoms with Gasteiger partial charge in [-0.05, 0) is 38.1 Å². The Morgan fingerprint density at radius 2 is 2.21 bits per heavy atom. The van der Waals surface area contributed by atoms with Crippen molar-refractivity contribution < 1.29 is 14.6 Å². The van der Waals surface area contributed by atoms with Crippen molar-refractivity contribution in [1.82, 2.24) is 4.90 Å². The molecule has 1 aliphatic heterocycles. The van der Waals surface area contributed by atoms with Gasteiger partial charge in [-0.15, -0.1) is 0 Å². The van der Waals surface area contributed by atoms with Crippen LogP contribution in [0.15, 0.2) is 0 Å². The smallest absolute Gasteiger partial charge is 0.310 e. The Labute approximate surface area is 116 Å². The largest absolute Gasteiger partial charge is 0.481 e. The van der Waals surface area contributed by atoms with Gasteiger partial charge in [-0.2, -0.15) is 0 Å². The van der Waals surface area contributed by atoms with Gasteiger partial charge in [0.05, 0.1) is 11.5 Å². The van der Waals surface area contributed by atoms with Gasteiger partial charge < -0.3 is 9.84 Å². The van der Waals surface area contributed by atoms with Crippen LogP contribution < -0.4 is 0 Å². The number of piperidine rings is 1. The fourth-order valence-corrected chi connectivity index (χ4v) is 3.84. The molecule has 0 bridgehead atoms. The van der Waals surface area contributed by atoms with Gasteiger partial charge in [0.2, 0.25) is 0 Å². The first-order valence-electron chi connectivity index (χ1n) is 7.54. The molecular weight excluding hydrogens is 242 g/mol. The number of carboxylic acids is 1. The molecule has 1 saturated heterocycles. The second-order valence-electron chi connectivity index (χ2n) is 6.52. The highest BCUT2D eigenvalue weighted by Crippen LogP contribution is 2.40. The third kappa shape index (κ3) is 3.48. The highest BCUT2D eigenvalue weighted by Gasteiger charge is 2.43. The van der Waals surface area contributed by atoms with Crippen LogP contribution in [0.25, 0.3) is 0 Å². The van der Waals surface area contributed by atoms with Gasteiger partial charge >= 0.3 is 5.97 Å². The molecule has 3 atom stereocenters. The molecule has 0 spiro atoms. The third-order valence-electron chi connectivity index (χ3n) is 4.87. The predicted molar refractivity (Wildman–Crippen MR) is 74.2 cm³/mol. The van der Waals surface area contributed by atoms with Crippen molar-refractivity contribution in [2.24, 2.45) is 11.3 Å². The molecule has 19 heavy (non-hydrogen) atoms. The summed E-state index contributed by atoms with van der Waals surface area (Å²) in [4.78, 5) is 14.1. The first-order chi connectivity index (χ1) is 9.05. The van der Waals surface area contributed by atoms with Crippen molar-refractivity contribution in [1.29, 1.82) is 0 Å². The van der Waals surface area contributed by atoms with Crippen LogP contribution in [0.3, 0.4) is 0 Å². The van der Waals surface area contributed by atoms with Crippen molar-refractivity contribution >= 4 is 5.97 Å². The topological polar surface area (TPSA) is 49.8 Å². The van der Waals surface area contributed by atoms with Crippen molar-refractivity contribution in [3.05, 3.63) is 0 Å². The number of rotatable bonds is 4. The van der Waals surface area contributed by atoms with E-state index in [9.17, 15) is 9.90 Å². The van der Waals surface area contributed by atoms with Crippen molar-refractivity contribution in [3.63, 3.8) is 0 Å². The quantitative estimate of drug-likeness (QED) is 0.851. The van der Waals surface area contributed by atoms with Gasteiger partial charge in [0.25, 0.3) is 0 Å². The molecule has 1 aliphatic carbocycles. The summed E-state index contributed by atoms with van der Waals surface area (Å²) in [6.07, 6.45) is 6.38. The molecule has 0 aromatic rings. The summed E-state index contributed by atoms with van der Waals surface area (Å²) in [7, 11) is 1.75. The van der Waals surface area contributed by atoms with Crippen molar-refractivity contribution in [2.75, 3.05) is 26.7 Å². The van der Waals surface area contributed by atoms with Crippen molar-refractivity contribution in [3.8, 4) is 0 Å². The summed E-state index contributed by atoms with van der Waals surface area (Å²) in [6.45, 7) is 4.79. The lowest BCUT2D eigenvalue weighted by Gasteiger charge is -2.42. The lowest BCUT2D eigenvalue weighted by atomic mass is 9.69. The number of hydrogen-bond donors (Lipinski definition) is 1. The molecule has 0 aromatic carbocycles. The van der Waals surface area contributed by atoms with Gasteiger partial charge in [0.15, 0.2) is 0 Å². The normalized spacial score (nSPS) is 37.2. The maximum Gasteiger partial charge on any atom is 0.310 e. The average Bonchev–Trinajstić information content (AvgIpc) is 2.38. The molecule has 2 rings (SSSR count). The number of methoxy groups -OCH3 is 1. The van der Waals surface area contributed by atoms with E-state index in [4.69, 9.17) is 4.74 Å². The van der Waals surface area contributed by atoms with E-state index in [0.717, 1.165) is 45.2 Å². The zero-order valence-corrected chi connectivity index (χ0v) is 12.2. The van der Waals surface area contributed by atoms with E-state index in [1.165, 1.54) is 6.42 Å². The van der Waals surface area contributed by atoms with Crippen LogP contribution in [0.1, 0.15) is 45.4 Å². The molecule has 1 N–H and O–H groups in total. The van der Waals surface area contributed by atoms with E-state index in [2.05, 4.69) is 11.8 Å². The molecule has 0 amide bonds. The van der Waals surface area contributed by atoms with Crippen LogP contribution in [0, 0.1) is 11.3 Å². The molecule has 3 unspecified atom stereocenters. The maximum absolute atomic E-state index is 11.8. The van der Waals surface area contributed by atoms with E-state index in [1.807, 2.05) is 0 Å². The summed E-state index contributed by atoms with van der Waals surface area (Å²) < 4.78 is 5.44. The van der Waals surface area contributed by atoms with Gasteiger partial charge in [0, 0.05) is 20.2 Å². The average molecular weight is 269 g/mol. The number of nitrogens with zero attached hydrogens (tertiary/aromatic N) is 1. The van der Waals surface area contributed by atoms with E-state index in [0.29, 0.717) is 12.5 Å². The zero-order chi connectivity index (χ0) is 13.9. The Balaban J connectivity index is 2.02. The van der Waals surface area contributed by atoms with Crippen LogP contribution in [-0.4, -0.2) is 48.8 Å². The summed E-state index contributed by atoms with van der Waals surface area (Å²) in [6, 6.07) is 0. The number of aliphatic carboxylic acids is 1. The van der Waals surface area contributed by atoms with E-state index in [-0.39, 0.29) is 6.10 Å². The first-order valence-corrected chi connectivity index (χ1v) is 7.54. The van der Waals surface area contributed by atoms with E-state index < -0.39 is 11.4 Å². The Morgan fingerprint density at radius 3 is 2.84 bits per heavy atom. The predicted octanol–water partition coefficient (Wildman–Crippen LogP) is 2.38. The van der Waals surface area contributed by atoms with Gasteiger partial charge in [-0.25, -0.2) is 0 Å². The second-order valence-corrected chi connectivity index (χ2v) is 6.52. The Bertz CT molecular complexity index is 321. The Hall–Kier alpha value is -0.610. The Morgan fingerprint density at radius 1 is 1.42 bits per heavy atom. The number of carboxylic acid groups (broad SMARTS) is 1. The van der Waals surface area contributed by atoms with E-state index >= 15 is 0 Å². The molecule has 2 aliphatic rings. The standard InChI is InChI=1S/C15H27NO3/c1-12-5-3-7-15(9-12,14(17)18)11-16-8-4-6-13(10-16)19-2/h12-13H,3-11H2,1-2H3,(H,17,18). The van der Waals surface area contributed by atoms with Gasteiger partial charge in [0.1, 0.15) is 0 Å². The van der Waals surface area contributed by atoms with Gasteiger partial charge in [-0.1, -0.05) is 19.8 Å². The summed E-state index contributed by atoms with van der Waals surface area (Å²) in [5, 5.41) is 9.70. The lowest BCUT2D eigenvalue weighted by molar-refractivity contribution is -0.154. The fraction of sp³-hybridized carbons (Fsp3) is 0.933. The summed E-state index contributed by atoms with van der Waals surface area (Å²) in [5.74, 6) is -0.0635. The van der Waals surface area contributed by atoms with Crippen LogP contribution >= 0.6 is 0 Å². The molecule has 110 valence electrons. The minimum atomic E-state index is -0.599. The molecule has 4 nitrogen and oxygen atoms in total. The molecule has 1 saturated carbocycles. The Kier molecular flexibility index (Phi) is 4.85. The molecular formula is C15H27NO3. The highest BCUT2D eigenvalue weighted by molar-refractivity contribution is 5.75. The molecule has 2 fully saturated rings. The molecule has 0 aromatic heterocycles. The number of likely N-dealkylation sites (tertiary alicyclic amines) is 1. The molecule has 1 heterocycles. The number of ether oxygens (including phenoxy) is 1. The van der Waals surface area contributed by atoms with Crippen LogP contribution in [0.5, 0.6) is 0 Å². The van der Waals surface area contributed by atoms with Crippen LogP contribution in [0.2, 0.25) is 0 Å². The molecule has 0 radical (unpaired) electrons. The van der Waals surface area contributed by atoms with E-state index in [1.54, 1.807) is 7.11 Å². The molecule has 4 heteroatoms. The summed E-state index contributed by atoms with van der Waals surface area (Å²) >= 11 is 0.